The van der Waals surface area contributed by atoms with Crippen LogP contribution >= 0.6 is 0 Å². The van der Waals surface area contributed by atoms with Gasteiger partial charge in [0.05, 0.1) is 16.6 Å². The highest BCUT2D eigenvalue weighted by Crippen LogP contribution is 2.42. The molecule has 272 valence electrons. The third kappa shape index (κ3) is 4.48. The minimum absolute atomic E-state index is 0.0545. The van der Waals surface area contributed by atoms with Crippen LogP contribution in [-0.4, -0.2) is 33.4 Å². The number of aromatic carboxylic acids is 1. The molecule has 8 heteroatoms. The van der Waals surface area contributed by atoms with Crippen LogP contribution in [0.5, 0.6) is 5.75 Å². The van der Waals surface area contributed by atoms with Gasteiger partial charge in [0.2, 0.25) is 0 Å². The molecular formula is C50H28BFN2O4. The number of hydrogen-bond donors (Lipinski definition) is 1. The van der Waals surface area contributed by atoms with E-state index in [-0.39, 0.29) is 18.1 Å². The van der Waals surface area contributed by atoms with Crippen LogP contribution in [0.15, 0.2) is 158 Å². The van der Waals surface area contributed by atoms with Crippen molar-refractivity contribution in [3.8, 4) is 50.5 Å². The molecule has 0 amide bonds. The molecule has 0 unspecified atom stereocenters. The number of fused-ring (bicyclic) bond motifs is 10. The van der Waals surface area contributed by atoms with Crippen molar-refractivity contribution in [1.82, 2.24) is 9.13 Å². The lowest BCUT2D eigenvalue weighted by molar-refractivity contribution is -0.120. The first kappa shape index (κ1) is 32.5. The number of rotatable bonds is 6. The van der Waals surface area contributed by atoms with Crippen molar-refractivity contribution in [1.29, 1.82) is 0 Å². The minimum atomic E-state index is -0.949. The molecule has 58 heavy (non-hydrogen) atoms. The first-order valence-electron chi connectivity index (χ1n) is 19.1. The van der Waals surface area contributed by atoms with Gasteiger partial charge in [-0.1, -0.05) is 84.9 Å². The molecule has 0 aliphatic carbocycles. The van der Waals surface area contributed by atoms with Gasteiger partial charge in [0.15, 0.2) is 0 Å². The third-order valence-corrected chi connectivity index (χ3v) is 12.2. The number of halogens is 1. The molecule has 2 aliphatic rings. The topological polar surface area (TPSA) is 73.5 Å². The zero-order chi connectivity index (χ0) is 38.8. The summed E-state index contributed by atoms with van der Waals surface area (Å²) in [6.07, 6.45) is 0. The summed E-state index contributed by atoms with van der Waals surface area (Å²) in [6, 6.07) is 52.2. The molecule has 4 heterocycles. The van der Waals surface area contributed by atoms with Crippen LogP contribution in [0.2, 0.25) is 0 Å². The van der Waals surface area contributed by atoms with E-state index in [9.17, 15) is 19.1 Å². The number of para-hydroxylation sites is 2. The summed E-state index contributed by atoms with van der Waals surface area (Å²) in [4.78, 5) is 22.5. The normalized spacial score (nSPS) is 12.4. The SMILES string of the molecule is O=COc1ccc(-c2ccc3c(c2)c2cccc4c2n3-c2cc(-c3ccc(F)cc3)cc3c2B4c2cccc4c5cc(-c6ccc(C(=O)O)cc6)ccc5n-3c24)cc1. The Kier molecular flexibility index (Phi) is 6.67. The van der Waals surface area contributed by atoms with Crippen LogP contribution in [0.25, 0.3) is 88.4 Å². The summed E-state index contributed by atoms with van der Waals surface area (Å²) in [7, 11) is 0. The van der Waals surface area contributed by atoms with Crippen LogP contribution in [0, 0.1) is 5.82 Å². The van der Waals surface area contributed by atoms with Crippen molar-refractivity contribution >= 4 is 79.2 Å². The van der Waals surface area contributed by atoms with E-state index in [0.717, 1.165) is 88.4 Å². The second-order valence-corrected chi connectivity index (χ2v) is 15.1. The molecule has 0 radical (unpaired) electrons. The number of hydrogen-bond acceptors (Lipinski definition) is 3. The maximum atomic E-state index is 14.3. The van der Waals surface area contributed by atoms with Crippen LogP contribution in [0.4, 0.5) is 4.39 Å². The first-order chi connectivity index (χ1) is 28.4. The highest BCUT2D eigenvalue weighted by atomic mass is 19.1. The highest BCUT2D eigenvalue weighted by molar-refractivity contribution is 7.00. The van der Waals surface area contributed by atoms with Crippen LogP contribution in [0.1, 0.15) is 10.4 Å². The highest BCUT2D eigenvalue weighted by Gasteiger charge is 2.41. The molecule has 0 saturated carbocycles. The quantitative estimate of drug-likeness (QED) is 0.136. The van der Waals surface area contributed by atoms with E-state index in [1.54, 1.807) is 24.3 Å². The summed E-state index contributed by atoms with van der Waals surface area (Å²) in [6.45, 7) is 0.382. The van der Waals surface area contributed by atoms with Gasteiger partial charge in [-0.3, -0.25) is 4.79 Å². The van der Waals surface area contributed by atoms with Gasteiger partial charge in [-0.15, -0.1) is 0 Å². The van der Waals surface area contributed by atoms with Gasteiger partial charge in [0, 0.05) is 44.0 Å². The van der Waals surface area contributed by atoms with Crippen molar-refractivity contribution in [3.63, 3.8) is 0 Å². The predicted molar refractivity (Wildman–Crippen MR) is 230 cm³/mol. The summed E-state index contributed by atoms with van der Waals surface area (Å²) >= 11 is 0. The van der Waals surface area contributed by atoms with Crippen LogP contribution in [0.3, 0.4) is 0 Å². The Morgan fingerprint density at radius 3 is 1.55 bits per heavy atom. The van der Waals surface area contributed by atoms with Crippen molar-refractivity contribution < 1.29 is 23.8 Å². The van der Waals surface area contributed by atoms with E-state index in [1.165, 1.54) is 28.5 Å². The summed E-state index contributed by atoms with van der Waals surface area (Å²) < 4.78 is 24.2. The maximum absolute atomic E-state index is 14.3. The molecule has 2 aliphatic heterocycles. The lowest BCUT2D eigenvalue weighted by atomic mass is 9.34. The molecule has 0 fully saturated rings. The first-order valence-corrected chi connectivity index (χ1v) is 19.1. The fourth-order valence-corrected chi connectivity index (χ4v) is 9.68. The van der Waals surface area contributed by atoms with Gasteiger partial charge in [-0.05, 0) is 123 Å². The second kappa shape index (κ2) is 11.9. The van der Waals surface area contributed by atoms with E-state index in [4.69, 9.17) is 4.74 Å². The van der Waals surface area contributed by atoms with Gasteiger partial charge < -0.3 is 19.0 Å². The zero-order valence-corrected chi connectivity index (χ0v) is 30.6. The van der Waals surface area contributed by atoms with Crippen LogP contribution < -0.4 is 21.1 Å². The van der Waals surface area contributed by atoms with E-state index in [2.05, 4.69) is 94.1 Å². The Hall–Kier alpha value is -7.71. The van der Waals surface area contributed by atoms with Crippen LogP contribution in [-0.2, 0) is 4.79 Å². The second-order valence-electron chi connectivity index (χ2n) is 15.1. The molecule has 2 aromatic heterocycles. The minimum Gasteiger partial charge on any atom is -0.478 e. The molecule has 12 rings (SSSR count). The lowest BCUT2D eigenvalue weighted by Gasteiger charge is -2.34. The molecule has 0 saturated heterocycles. The number of carboxylic acids is 1. The number of carbonyl (C=O) groups is 2. The maximum Gasteiger partial charge on any atom is 0.335 e. The molecule has 10 aromatic rings. The fraction of sp³-hybridized carbons (Fsp3) is 0. The molecule has 0 bridgehead atoms. The molecule has 0 atom stereocenters. The monoisotopic (exact) mass is 750 g/mol. The summed E-state index contributed by atoms with van der Waals surface area (Å²) in [5.74, 6) is -0.735. The molecular weight excluding hydrogens is 722 g/mol. The number of nitrogens with zero attached hydrogens (tertiary/aromatic N) is 2. The molecule has 1 N–H and O–H groups in total. The van der Waals surface area contributed by atoms with Gasteiger partial charge in [-0.25, -0.2) is 9.18 Å². The average Bonchev–Trinajstić information content (AvgIpc) is 3.78. The van der Waals surface area contributed by atoms with E-state index >= 15 is 0 Å². The molecule has 0 spiro atoms. The number of ether oxygens (including phenoxy) is 1. The van der Waals surface area contributed by atoms with Gasteiger partial charge >= 0.3 is 5.97 Å². The molecule has 6 nitrogen and oxygen atoms in total. The van der Waals surface area contributed by atoms with Crippen molar-refractivity contribution in [3.05, 3.63) is 169 Å². The van der Waals surface area contributed by atoms with Gasteiger partial charge in [0.25, 0.3) is 13.2 Å². The van der Waals surface area contributed by atoms with Gasteiger partial charge in [0.1, 0.15) is 11.6 Å². The summed E-state index contributed by atoms with van der Waals surface area (Å²) in [5.41, 5.74) is 16.5. The lowest BCUT2D eigenvalue weighted by Crippen LogP contribution is -2.59. The fourth-order valence-electron chi connectivity index (χ4n) is 9.68. The number of carbonyl (C=O) groups excluding carboxylic acids is 1. The number of carboxylic acid groups (broad SMARTS) is 1. The average molecular weight is 751 g/mol. The standard InChI is InChI=1S/C50H28BFN2O4/c52-35-17-11-30(12-18-35)34-25-45-47-46(26-34)54-44-22-16-33(29-13-19-36(20-14-29)58-27-55)24-40(44)38-4-2-6-42(49(38)54)51(47)41-5-1-3-37-39-23-32(15-21-43(39)53(45)48(37)41)28-7-9-31(10-8-28)50(56)57/h1-27H,(H,56,57). The van der Waals surface area contributed by atoms with E-state index in [1.807, 2.05) is 36.4 Å². The number of benzene rings is 8. The number of aromatic nitrogens is 2. The Balaban J connectivity index is 1.15. The Bertz CT molecular complexity index is 3420. The van der Waals surface area contributed by atoms with Crippen molar-refractivity contribution in [2.24, 2.45) is 0 Å². The van der Waals surface area contributed by atoms with E-state index in [0.29, 0.717) is 12.2 Å². The summed E-state index contributed by atoms with van der Waals surface area (Å²) in [5, 5.41) is 14.0. The van der Waals surface area contributed by atoms with E-state index < -0.39 is 5.97 Å². The predicted octanol–water partition coefficient (Wildman–Crippen LogP) is 9.40. The van der Waals surface area contributed by atoms with Crippen molar-refractivity contribution in [2.45, 2.75) is 0 Å². The Labute approximate surface area is 330 Å². The Morgan fingerprint density at radius 2 is 1.03 bits per heavy atom. The zero-order valence-electron chi connectivity index (χ0n) is 30.6. The smallest absolute Gasteiger partial charge is 0.335 e. The van der Waals surface area contributed by atoms with Crippen molar-refractivity contribution in [2.75, 3.05) is 0 Å². The Morgan fingerprint density at radius 1 is 0.552 bits per heavy atom. The van der Waals surface area contributed by atoms with Gasteiger partial charge in [-0.2, -0.15) is 0 Å². The molecule has 8 aromatic carbocycles. The third-order valence-electron chi connectivity index (χ3n) is 12.2. The largest absolute Gasteiger partial charge is 0.478 e.